The molecule has 0 radical (unpaired) electrons. The first-order valence-electron chi connectivity index (χ1n) is 5.98. The van der Waals surface area contributed by atoms with Crippen molar-refractivity contribution in [3.05, 3.63) is 42.1 Å². The number of aliphatic carboxylic acids is 1. The van der Waals surface area contributed by atoms with Crippen molar-refractivity contribution in [2.75, 3.05) is 13.1 Å². The minimum Gasteiger partial charge on any atom is -0.480 e. The van der Waals surface area contributed by atoms with E-state index in [2.05, 4.69) is 4.98 Å². The average Bonchev–Trinajstić information content (AvgIpc) is 2.43. The Labute approximate surface area is 110 Å². The molecule has 0 unspecified atom stereocenters. The van der Waals surface area contributed by atoms with Crippen LogP contribution in [0, 0.1) is 0 Å². The Bertz CT molecular complexity index is 620. The predicted molar refractivity (Wildman–Crippen MR) is 71.0 cm³/mol. The maximum atomic E-state index is 12.3. The molecule has 0 bridgehead atoms. The van der Waals surface area contributed by atoms with Crippen LogP contribution in [0.25, 0.3) is 10.9 Å². The van der Waals surface area contributed by atoms with E-state index in [9.17, 15) is 9.59 Å². The van der Waals surface area contributed by atoms with E-state index in [0.717, 1.165) is 5.39 Å². The van der Waals surface area contributed by atoms with Gasteiger partial charge < -0.3 is 10.0 Å². The highest BCUT2D eigenvalue weighted by molar-refractivity contribution is 6.06. The average molecular weight is 258 g/mol. The second kappa shape index (κ2) is 5.48. The van der Waals surface area contributed by atoms with Crippen molar-refractivity contribution in [1.29, 1.82) is 0 Å². The fourth-order valence-corrected chi connectivity index (χ4v) is 1.94. The smallest absolute Gasteiger partial charge is 0.323 e. The van der Waals surface area contributed by atoms with Crippen LogP contribution in [0.3, 0.4) is 0 Å². The third-order valence-electron chi connectivity index (χ3n) is 2.86. The summed E-state index contributed by atoms with van der Waals surface area (Å²) in [5, 5.41) is 9.68. The monoisotopic (exact) mass is 258 g/mol. The molecule has 5 heteroatoms. The van der Waals surface area contributed by atoms with E-state index in [1.807, 2.05) is 12.1 Å². The summed E-state index contributed by atoms with van der Waals surface area (Å²) in [6, 6.07) is 8.97. The normalized spacial score (nSPS) is 10.4. The molecule has 98 valence electrons. The first kappa shape index (κ1) is 13.0. The molecule has 0 saturated heterocycles. The maximum Gasteiger partial charge on any atom is 0.323 e. The van der Waals surface area contributed by atoms with Crippen LogP contribution >= 0.6 is 0 Å². The molecule has 0 saturated carbocycles. The van der Waals surface area contributed by atoms with Crippen molar-refractivity contribution in [1.82, 2.24) is 9.88 Å². The number of fused-ring (bicyclic) bond motifs is 1. The van der Waals surface area contributed by atoms with E-state index in [0.29, 0.717) is 17.6 Å². The molecule has 0 fully saturated rings. The number of para-hydroxylation sites is 1. The van der Waals surface area contributed by atoms with Gasteiger partial charge in [0, 0.05) is 18.1 Å². The number of aromatic nitrogens is 1. The standard InChI is InChI=1S/C14H14N2O3/c1-2-16(9-12(17)18)14(19)11-7-3-5-10-6-4-8-15-13(10)11/h3-8H,2,9H2,1H3,(H,17,18). The molecule has 1 heterocycles. The van der Waals surface area contributed by atoms with Gasteiger partial charge in [0.25, 0.3) is 5.91 Å². The molecule has 1 N–H and O–H groups in total. The van der Waals surface area contributed by atoms with Crippen LogP contribution in [0.2, 0.25) is 0 Å². The van der Waals surface area contributed by atoms with Crippen LogP contribution in [-0.2, 0) is 4.79 Å². The molecule has 5 nitrogen and oxygen atoms in total. The summed E-state index contributed by atoms with van der Waals surface area (Å²) >= 11 is 0. The number of carbonyl (C=O) groups excluding carboxylic acids is 1. The molecule has 0 aliphatic carbocycles. The molecule has 19 heavy (non-hydrogen) atoms. The molecular weight excluding hydrogens is 244 g/mol. The Morgan fingerprint density at radius 2 is 2.00 bits per heavy atom. The van der Waals surface area contributed by atoms with E-state index in [1.165, 1.54) is 4.90 Å². The lowest BCUT2D eigenvalue weighted by Crippen LogP contribution is -2.35. The van der Waals surface area contributed by atoms with Crippen LogP contribution in [0.4, 0.5) is 0 Å². The third-order valence-corrected chi connectivity index (χ3v) is 2.86. The van der Waals surface area contributed by atoms with E-state index < -0.39 is 5.97 Å². The van der Waals surface area contributed by atoms with E-state index in [-0.39, 0.29) is 12.5 Å². The number of carboxylic acid groups (broad SMARTS) is 1. The number of hydrogen-bond donors (Lipinski definition) is 1. The third kappa shape index (κ3) is 2.70. The number of hydrogen-bond acceptors (Lipinski definition) is 3. The number of carboxylic acids is 1. The highest BCUT2D eigenvalue weighted by atomic mass is 16.4. The quantitative estimate of drug-likeness (QED) is 0.907. The maximum absolute atomic E-state index is 12.3. The lowest BCUT2D eigenvalue weighted by atomic mass is 10.1. The van der Waals surface area contributed by atoms with E-state index in [4.69, 9.17) is 5.11 Å². The van der Waals surface area contributed by atoms with Gasteiger partial charge in [0.2, 0.25) is 0 Å². The van der Waals surface area contributed by atoms with Gasteiger partial charge in [0.05, 0.1) is 11.1 Å². The minimum absolute atomic E-state index is 0.307. The summed E-state index contributed by atoms with van der Waals surface area (Å²) in [7, 11) is 0. The molecular formula is C14H14N2O3. The number of likely N-dealkylation sites (N-methyl/N-ethyl adjacent to an activating group) is 1. The number of rotatable bonds is 4. The van der Waals surface area contributed by atoms with Crippen LogP contribution in [0.5, 0.6) is 0 Å². The number of carbonyl (C=O) groups is 2. The highest BCUT2D eigenvalue weighted by Gasteiger charge is 2.19. The lowest BCUT2D eigenvalue weighted by Gasteiger charge is -2.19. The van der Waals surface area contributed by atoms with Crippen molar-refractivity contribution in [3.8, 4) is 0 Å². The first-order chi connectivity index (χ1) is 9.13. The van der Waals surface area contributed by atoms with Gasteiger partial charge in [-0.1, -0.05) is 18.2 Å². The molecule has 0 aliphatic heterocycles. The van der Waals surface area contributed by atoms with Gasteiger partial charge in [-0.15, -0.1) is 0 Å². The second-order valence-corrected chi connectivity index (χ2v) is 4.09. The van der Waals surface area contributed by atoms with Gasteiger partial charge in [0.15, 0.2) is 0 Å². The Hall–Kier alpha value is -2.43. The summed E-state index contributed by atoms with van der Waals surface area (Å²) in [6.07, 6.45) is 1.62. The van der Waals surface area contributed by atoms with Crippen LogP contribution in [0.1, 0.15) is 17.3 Å². The second-order valence-electron chi connectivity index (χ2n) is 4.09. The van der Waals surface area contributed by atoms with Crippen molar-refractivity contribution in [2.24, 2.45) is 0 Å². The van der Waals surface area contributed by atoms with Gasteiger partial charge in [0.1, 0.15) is 6.54 Å². The SMILES string of the molecule is CCN(CC(=O)O)C(=O)c1cccc2cccnc12. The minimum atomic E-state index is -1.02. The van der Waals surface area contributed by atoms with E-state index in [1.54, 1.807) is 31.3 Å². The molecule has 1 aromatic heterocycles. The fraction of sp³-hybridized carbons (Fsp3) is 0.214. The van der Waals surface area contributed by atoms with Gasteiger partial charge in [-0.2, -0.15) is 0 Å². The summed E-state index contributed by atoms with van der Waals surface area (Å²) in [4.78, 5) is 28.6. The van der Waals surface area contributed by atoms with Crippen molar-refractivity contribution in [2.45, 2.75) is 6.92 Å². The fourth-order valence-electron chi connectivity index (χ4n) is 1.94. The van der Waals surface area contributed by atoms with Gasteiger partial charge >= 0.3 is 5.97 Å². The summed E-state index contributed by atoms with van der Waals surface area (Å²) < 4.78 is 0. The van der Waals surface area contributed by atoms with E-state index >= 15 is 0 Å². The van der Waals surface area contributed by atoms with Crippen molar-refractivity contribution >= 4 is 22.8 Å². The zero-order chi connectivity index (χ0) is 13.8. The number of amides is 1. The number of pyridine rings is 1. The van der Waals surface area contributed by atoms with Crippen LogP contribution in [-0.4, -0.2) is 40.0 Å². The molecule has 0 spiro atoms. The highest BCUT2D eigenvalue weighted by Crippen LogP contribution is 2.17. The molecule has 2 aromatic rings. The number of benzene rings is 1. The van der Waals surface area contributed by atoms with Crippen molar-refractivity contribution in [3.63, 3.8) is 0 Å². The zero-order valence-corrected chi connectivity index (χ0v) is 10.5. The lowest BCUT2D eigenvalue weighted by molar-refractivity contribution is -0.137. The molecule has 1 aromatic carbocycles. The topological polar surface area (TPSA) is 70.5 Å². The zero-order valence-electron chi connectivity index (χ0n) is 10.5. The Morgan fingerprint density at radius 3 is 2.68 bits per heavy atom. The molecule has 0 aliphatic rings. The summed E-state index contributed by atoms with van der Waals surface area (Å²) in [6.45, 7) is 1.78. The van der Waals surface area contributed by atoms with Crippen molar-refractivity contribution < 1.29 is 14.7 Å². The Balaban J connectivity index is 2.43. The predicted octanol–water partition coefficient (Wildman–Crippen LogP) is 1.78. The summed E-state index contributed by atoms with van der Waals surface area (Å²) in [5.41, 5.74) is 1.03. The molecule has 2 rings (SSSR count). The van der Waals surface area contributed by atoms with Gasteiger partial charge in [-0.05, 0) is 19.1 Å². The van der Waals surface area contributed by atoms with Crippen LogP contribution in [0.15, 0.2) is 36.5 Å². The Morgan fingerprint density at radius 1 is 1.26 bits per heavy atom. The van der Waals surface area contributed by atoms with Gasteiger partial charge in [-0.3, -0.25) is 14.6 Å². The van der Waals surface area contributed by atoms with Gasteiger partial charge in [-0.25, -0.2) is 0 Å². The summed E-state index contributed by atoms with van der Waals surface area (Å²) in [5.74, 6) is -1.34. The molecule has 0 atom stereocenters. The Kier molecular flexibility index (Phi) is 3.75. The first-order valence-corrected chi connectivity index (χ1v) is 5.98. The number of nitrogens with zero attached hydrogens (tertiary/aromatic N) is 2. The largest absolute Gasteiger partial charge is 0.480 e. The molecule has 1 amide bonds. The van der Waals surface area contributed by atoms with Crippen LogP contribution < -0.4 is 0 Å².